The van der Waals surface area contributed by atoms with Gasteiger partial charge in [0.2, 0.25) is 11.8 Å². The third-order valence-corrected chi connectivity index (χ3v) is 4.24. The molecule has 1 aromatic carbocycles. The summed E-state index contributed by atoms with van der Waals surface area (Å²) in [4.78, 5) is 36.5. The summed E-state index contributed by atoms with van der Waals surface area (Å²) >= 11 is 5.86. The van der Waals surface area contributed by atoms with Gasteiger partial charge >= 0.3 is 5.97 Å². The van der Waals surface area contributed by atoms with Crippen LogP contribution in [0.2, 0.25) is 5.02 Å². The quantitative estimate of drug-likeness (QED) is 0.719. The molecule has 0 aliphatic rings. The zero-order valence-electron chi connectivity index (χ0n) is 15.1. The van der Waals surface area contributed by atoms with E-state index in [0.29, 0.717) is 10.6 Å². The molecule has 25 heavy (non-hydrogen) atoms. The molecule has 0 radical (unpaired) electrons. The molecule has 3 N–H and O–H groups in total. The van der Waals surface area contributed by atoms with E-state index >= 15 is 0 Å². The van der Waals surface area contributed by atoms with Gasteiger partial charge in [0.25, 0.3) is 0 Å². The molecule has 1 aromatic rings. The first-order valence-electron chi connectivity index (χ1n) is 8.06. The molecule has 2 atom stereocenters. The van der Waals surface area contributed by atoms with Crippen LogP contribution >= 0.6 is 11.6 Å². The van der Waals surface area contributed by atoms with Gasteiger partial charge in [-0.25, -0.2) is 4.79 Å². The molecule has 0 fully saturated rings. The van der Waals surface area contributed by atoms with E-state index in [0.717, 1.165) is 0 Å². The van der Waals surface area contributed by atoms with Gasteiger partial charge in [-0.2, -0.15) is 0 Å². The second-order valence-electron chi connectivity index (χ2n) is 7.01. The van der Waals surface area contributed by atoms with Crippen LogP contribution in [0.1, 0.15) is 46.6 Å². The fourth-order valence-corrected chi connectivity index (χ4v) is 2.35. The maximum atomic E-state index is 12.5. The molecule has 7 heteroatoms. The van der Waals surface area contributed by atoms with Crippen LogP contribution in [0.25, 0.3) is 0 Å². The minimum atomic E-state index is -1.59. The van der Waals surface area contributed by atoms with Crippen molar-refractivity contribution in [3.05, 3.63) is 34.9 Å². The van der Waals surface area contributed by atoms with E-state index in [1.54, 1.807) is 52.0 Å². The lowest BCUT2D eigenvalue weighted by Gasteiger charge is -2.32. The standard InChI is InChI=1S/C18H25ClN2O4/c1-6-18(16(24)25,12-7-9-13(19)10-8-12)21-14(22)11(2)20-15(23)17(3,4)5/h7-11H,6H2,1-5H3,(H,20,23)(H,21,22)(H,24,25). The molecule has 0 aliphatic carbocycles. The first-order valence-corrected chi connectivity index (χ1v) is 8.44. The van der Waals surface area contributed by atoms with Crippen molar-refractivity contribution >= 4 is 29.4 Å². The lowest BCUT2D eigenvalue weighted by molar-refractivity contribution is -0.149. The number of halogens is 1. The predicted octanol–water partition coefficient (Wildman–Crippen LogP) is 2.70. The second kappa shape index (κ2) is 7.87. The van der Waals surface area contributed by atoms with Crippen molar-refractivity contribution in [3.63, 3.8) is 0 Å². The number of carbonyl (C=O) groups excluding carboxylic acids is 2. The number of carboxylic acid groups (broad SMARTS) is 1. The van der Waals surface area contributed by atoms with Crippen LogP contribution in [0.5, 0.6) is 0 Å². The number of aliphatic carboxylic acids is 1. The normalized spacial score (nSPS) is 15.0. The first-order chi connectivity index (χ1) is 11.4. The summed E-state index contributed by atoms with van der Waals surface area (Å²) in [6, 6.07) is 5.41. The van der Waals surface area contributed by atoms with Crippen LogP contribution in [0, 0.1) is 5.41 Å². The molecule has 0 spiro atoms. The van der Waals surface area contributed by atoms with E-state index in [1.165, 1.54) is 6.92 Å². The second-order valence-corrected chi connectivity index (χ2v) is 7.44. The lowest BCUT2D eigenvalue weighted by atomic mass is 9.86. The van der Waals surface area contributed by atoms with Gasteiger partial charge in [-0.15, -0.1) is 0 Å². The molecular formula is C18H25ClN2O4. The topological polar surface area (TPSA) is 95.5 Å². The molecule has 2 unspecified atom stereocenters. The predicted molar refractivity (Wildman–Crippen MR) is 96.3 cm³/mol. The van der Waals surface area contributed by atoms with Crippen molar-refractivity contribution in [3.8, 4) is 0 Å². The molecule has 2 amide bonds. The summed E-state index contributed by atoms with van der Waals surface area (Å²) in [6.45, 7) is 8.38. The number of amides is 2. The Kier molecular flexibility index (Phi) is 6.60. The third-order valence-electron chi connectivity index (χ3n) is 3.99. The van der Waals surface area contributed by atoms with Crippen molar-refractivity contribution < 1.29 is 19.5 Å². The first kappa shape index (κ1) is 21.0. The van der Waals surface area contributed by atoms with E-state index in [9.17, 15) is 19.5 Å². The summed E-state index contributed by atoms with van der Waals surface area (Å²) in [7, 11) is 0. The van der Waals surface area contributed by atoms with Crippen LogP contribution in [-0.4, -0.2) is 28.9 Å². The maximum Gasteiger partial charge on any atom is 0.334 e. The Balaban J connectivity index is 3.06. The highest BCUT2D eigenvalue weighted by Gasteiger charge is 2.41. The summed E-state index contributed by atoms with van der Waals surface area (Å²) in [5, 5.41) is 15.4. The maximum absolute atomic E-state index is 12.5. The van der Waals surface area contributed by atoms with Gasteiger partial charge in [-0.1, -0.05) is 51.4 Å². The van der Waals surface area contributed by atoms with Crippen molar-refractivity contribution in [2.75, 3.05) is 0 Å². The summed E-state index contributed by atoms with van der Waals surface area (Å²) in [6.07, 6.45) is 0.135. The van der Waals surface area contributed by atoms with Gasteiger partial charge in [-0.05, 0) is 31.0 Å². The van der Waals surface area contributed by atoms with E-state index in [1.807, 2.05) is 0 Å². The molecule has 0 saturated carbocycles. The fraction of sp³-hybridized carbons (Fsp3) is 0.500. The van der Waals surface area contributed by atoms with Crippen LogP contribution in [0.3, 0.4) is 0 Å². The van der Waals surface area contributed by atoms with Crippen LogP contribution < -0.4 is 10.6 Å². The van der Waals surface area contributed by atoms with E-state index in [2.05, 4.69) is 10.6 Å². The van der Waals surface area contributed by atoms with Crippen molar-refractivity contribution in [2.45, 2.75) is 52.6 Å². The van der Waals surface area contributed by atoms with Gasteiger partial charge in [0.15, 0.2) is 5.54 Å². The summed E-state index contributed by atoms with van der Waals surface area (Å²) in [5.74, 6) is -2.05. The zero-order chi connectivity index (χ0) is 19.4. The Morgan fingerprint density at radius 2 is 1.68 bits per heavy atom. The number of benzene rings is 1. The fourth-order valence-electron chi connectivity index (χ4n) is 2.22. The van der Waals surface area contributed by atoms with Gasteiger partial charge < -0.3 is 15.7 Å². The molecule has 0 bridgehead atoms. The molecular weight excluding hydrogens is 344 g/mol. The Morgan fingerprint density at radius 3 is 2.08 bits per heavy atom. The Hall–Kier alpha value is -2.08. The van der Waals surface area contributed by atoms with Crippen LogP contribution in [0.4, 0.5) is 0 Å². The van der Waals surface area contributed by atoms with Gasteiger partial charge in [0.05, 0.1) is 0 Å². The SMILES string of the molecule is CCC(NC(=O)C(C)NC(=O)C(C)(C)C)(C(=O)O)c1ccc(Cl)cc1. The van der Waals surface area contributed by atoms with E-state index in [-0.39, 0.29) is 12.3 Å². The monoisotopic (exact) mass is 368 g/mol. The molecule has 6 nitrogen and oxygen atoms in total. The van der Waals surface area contributed by atoms with Crippen molar-refractivity contribution in [1.82, 2.24) is 10.6 Å². The molecule has 1 rings (SSSR count). The molecule has 0 saturated heterocycles. The Morgan fingerprint density at radius 1 is 1.16 bits per heavy atom. The Bertz CT molecular complexity index is 652. The average Bonchev–Trinajstić information content (AvgIpc) is 2.52. The number of nitrogens with one attached hydrogen (secondary N) is 2. The molecule has 0 heterocycles. The highest BCUT2D eigenvalue weighted by atomic mass is 35.5. The number of hydrogen-bond donors (Lipinski definition) is 3. The highest BCUT2D eigenvalue weighted by molar-refractivity contribution is 6.30. The lowest BCUT2D eigenvalue weighted by Crippen LogP contribution is -2.57. The number of hydrogen-bond acceptors (Lipinski definition) is 3. The van der Waals surface area contributed by atoms with Crippen molar-refractivity contribution in [1.29, 1.82) is 0 Å². The van der Waals surface area contributed by atoms with Crippen LogP contribution in [-0.2, 0) is 19.9 Å². The van der Waals surface area contributed by atoms with Gasteiger partial charge in [0, 0.05) is 10.4 Å². The molecule has 138 valence electrons. The minimum Gasteiger partial charge on any atom is -0.479 e. The largest absolute Gasteiger partial charge is 0.479 e. The minimum absolute atomic E-state index is 0.135. The van der Waals surface area contributed by atoms with E-state index < -0.39 is 28.9 Å². The average molecular weight is 369 g/mol. The third kappa shape index (κ3) is 4.95. The van der Waals surface area contributed by atoms with Crippen LogP contribution in [0.15, 0.2) is 24.3 Å². The van der Waals surface area contributed by atoms with E-state index in [4.69, 9.17) is 11.6 Å². The highest BCUT2D eigenvalue weighted by Crippen LogP contribution is 2.27. The number of carboxylic acids is 1. The Labute approximate surface area is 152 Å². The summed E-state index contributed by atoms with van der Waals surface area (Å²) < 4.78 is 0. The van der Waals surface area contributed by atoms with Gasteiger partial charge in [0.1, 0.15) is 6.04 Å². The molecule has 0 aliphatic heterocycles. The zero-order valence-corrected chi connectivity index (χ0v) is 15.9. The summed E-state index contributed by atoms with van der Waals surface area (Å²) in [5.41, 5.74) is -1.84. The van der Waals surface area contributed by atoms with Crippen molar-refractivity contribution in [2.24, 2.45) is 5.41 Å². The molecule has 0 aromatic heterocycles. The smallest absolute Gasteiger partial charge is 0.334 e. The van der Waals surface area contributed by atoms with Gasteiger partial charge in [-0.3, -0.25) is 9.59 Å². The number of rotatable bonds is 6. The number of carbonyl (C=O) groups is 3.